The first-order chi connectivity index (χ1) is 19.4. The Morgan fingerprint density at radius 2 is 1.57 bits per heavy atom. The van der Waals surface area contributed by atoms with Gasteiger partial charge in [-0.25, -0.2) is 0 Å². The molecule has 4 rings (SSSR count). The standard InChI is InChI=1S/C37H53O4P/c1-23-15-16-27-28-19-24(2)20-31(36(7,8)9)33(28)40-42(41-34(29(27)18-23)37(10,11)12)39-17-13-14-26-21-25(3)32(38)30(22-26)35(4,5)6/h18-22,33,38H,13-17H2,1-12H3/b28-27-,34-29?. The van der Waals surface area contributed by atoms with Crippen molar-refractivity contribution in [1.29, 1.82) is 0 Å². The van der Waals surface area contributed by atoms with Gasteiger partial charge in [0.2, 0.25) is 0 Å². The fourth-order valence-electron chi connectivity index (χ4n) is 6.00. The maximum Gasteiger partial charge on any atom is 0.397 e. The number of hydrogen-bond acceptors (Lipinski definition) is 4. The normalized spacial score (nSPS) is 23.7. The van der Waals surface area contributed by atoms with Crippen LogP contribution in [0.15, 0.2) is 69.6 Å². The molecule has 1 aromatic rings. The summed E-state index contributed by atoms with van der Waals surface area (Å²) in [6.07, 6.45) is 10.5. The van der Waals surface area contributed by atoms with Crippen LogP contribution < -0.4 is 0 Å². The SMILES string of the molecule is CC1=C/C2=C3\CCC(C)=CC3=C(C(C)(C)C)OP(OCCCc3cc(C)c(O)c(C(C)(C)C)c3)OC2C(C(C)(C)C)=C1. The van der Waals surface area contributed by atoms with E-state index in [-0.39, 0.29) is 22.3 Å². The molecule has 1 aliphatic heterocycles. The van der Waals surface area contributed by atoms with E-state index in [1.165, 1.54) is 39.0 Å². The minimum absolute atomic E-state index is 0.0646. The third-order valence-corrected chi connectivity index (χ3v) is 9.40. The second-order valence-corrected chi connectivity index (χ2v) is 16.6. The van der Waals surface area contributed by atoms with E-state index in [1.807, 2.05) is 6.92 Å². The average Bonchev–Trinajstić information content (AvgIpc) is 2.84. The van der Waals surface area contributed by atoms with E-state index in [1.54, 1.807) is 0 Å². The second-order valence-electron chi connectivity index (χ2n) is 15.5. The Morgan fingerprint density at radius 3 is 2.19 bits per heavy atom. The average molecular weight is 593 g/mol. The molecule has 230 valence electrons. The predicted octanol–water partition coefficient (Wildman–Crippen LogP) is 10.9. The summed E-state index contributed by atoms with van der Waals surface area (Å²) >= 11 is 0. The van der Waals surface area contributed by atoms with Gasteiger partial charge < -0.3 is 14.2 Å². The van der Waals surface area contributed by atoms with Crippen LogP contribution in [0.4, 0.5) is 0 Å². The maximum atomic E-state index is 10.7. The number of aryl methyl sites for hydroxylation is 2. The molecule has 2 aliphatic carbocycles. The van der Waals surface area contributed by atoms with E-state index in [0.717, 1.165) is 42.6 Å². The van der Waals surface area contributed by atoms with Crippen LogP contribution >= 0.6 is 8.60 Å². The van der Waals surface area contributed by atoms with Crippen LogP contribution in [0.3, 0.4) is 0 Å². The number of rotatable bonds is 5. The molecule has 0 saturated heterocycles. The van der Waals surface area contributed by atoms with E-state index in [2.05, 4.69) is 107 Å². The molecule has 3 aliphatic rings. The van der Waals surface area contributed by atoms with E-state index in [0.29, 0.717) is 12.4 Å². The molecule has 1 heterocycles. The van der Waals surface area contributed by atoms with Crippen LogP contribution in [0.25, 0.3) is 0 Å². The molecule has 2 unspecified atom stereocenters. The Kier molecular flexibility index (Phi) is 9.44. The van der Waals surface area contributed by atoms with E-state index >= 15 is 0 Å². The molecular formula is C37H53O4P. The van der Waals surface area contributed by atoms with Crippen LogP contribution in [0.1, 0.15) is 112 Å². The van der Waals surface area contributed by atoms with E-state index in [4.69, 9.17) is 13.6 Å². The van der Waals surface area contributed by atoms with Crippen molar-refractivity contribution in [2.75, 3.05) is 6.61 Å². The Morgan fingerprint density at radius 1 is 0.881 bits per heavy atom. The first-order valence-electron chi connectivity index (χ1n) is 15.5. The van der Waals surface area contributed by atoms with Gasteiger partial charge in [0.1, 0.15) is 17.6 Å². The Bertz CT molecular complexity index is 1370. The van der Waals surface area contributed by atoms with Crippen molar-refractivity contribution in [3.8, 4) is 5.75 Å². The van der Waals surface area contributed by atoms with Gasteiger partial charge in [-0.05, 0) is 90.7 Å². The summed E-state index contributed by atoms with van der Waals surface area (Å²) in [5.41, 5.74) is 10.4. The molecule has 1 N–H and O–H groups in total. The number of hydrogen-bond donors (Lipinski definition) is 1. The Balaban J connectivity index is 1.66. The number of phenolic OH excluding ortho intramolecular Hbond substituents is 1. The summed E-state index contributed by atoms with van der Waals surface area (Å²) < 4.78 is 20.2. The number of allylic oxidation sites excluding steroid dienone is 7. The van der Waals surface area contributed by atoms with Gasteiger partial charge in [0.15, 0.2) is 0 Å². The molecule has 0 fully saturated rings. The van der Waals surface area contributed by atoms with Crippen LogP contribution in [0.5, 0.6) is 5.75 Å². The molecule has 5 heteroatoms. The lowest BCUT2D eigenvalue weighted by molar-refractivity contribution is 0.138. The van der Waals surface area contributed by atoms with E-state index in [9.17, 15) is 5.11 Å². The van der Waals surface area contributed by atoms with Crippen LogP contribution in [0, 0.1) is 17.8 Å². The van der Waals surface area contributed by atoms with Gasteiger partial charge in [-0.2, -0.15) is 0 Å². The van der Waals surface area contributed by atoms with Crippen LogP contribution in [0.2, 0.25) is 0 Å². The lowest BCUT2D eigenvalue weighted by atomic mass is 9.73. The highest BCUT2D eigenvalue weighted by atomic mass is 31.2. The predicted molar refractivity (Wildman–Crippen MR) is 176 cm³/mol. The molecule has 4 nitrogen and oxygen atoms in total. The minimum atomic E-state index is -1.65. The van der Waals surface area contributed by atoms with Gasteiger partial charge in [0.25, 0.3) is 0 Å². The molecule has 1 aromatic carbocycles. The zero-order valence-electron chi connectivity index (χ0n) is 28.1. The summed E-state index contributed by atoms with van der Waals surface area (Å²) in [7, 11) is -1.65. The van der Waals surface area contributed by atoms with Gasteiger partial charge in [-0.15, -0.1) is 0 Å². The summed E-state index contributed by atoms with van der Waals surface area (Å²) in [5.74, 6) is 1.36. The van der Waals surface area contributed by atoms with Gasteiger partial charge in [0.05, 0.1) is 6.61 Å². The van der Waals surface area contributed by atoms with Gasteiger partial charge in [-0.3, -0.25) is 4.52 Å². The molecule has 0 aromatic heterocycles. The quantitative estimate of drug-likeness (QED) is 0.273. The van der Waals surface area contributed by atoms with Crippen LogP contribution in [-0.4, -0.2) is 17.8 Å². The van der Waals surface area contributed by atoms with Crippen molar-refractivity contribution in [2.45, 2.75) is 120 Å². The molecule has 0 spiro atoms. The van der Waals surface area contributed by atoms with Crippen molar-refractivity contribution in [3.63, 3.8) is 0 Å². The molecule has 42 heavy (non-hydrogen) atoms. The highest BCUT2D eigenvalue weighted by molar-refractivity contribution is 7.41. The smallest absolute Gasteiger partial charge is 0.397 e. The zero-order chi connectivity index (χ0) is 31.2. The van der Waals surface area contributed by atoms with Crippen molar-refractivity contribution >= 4 is 8.60 Å². The van der Waals surface area contributed by atoms with Crippen molar-refractivity contribution < 1.29 is 18.7 Å². The number of phenols is 1. The highest BCUT2D eigenvalue weighted by Crippen LogP contribution is 2.55. The first-order valence-corrected chi connectivity index (χ1v) is 16.6. The molecule has 0 bridgehead atoms. The van der Waals surface area contributed by atoms with Crippen LogP contribution in [-0.2, 0) is 25.4 Å². The summed E-state index contributed by atoms with van der Waals surface area (Å²) in [6.45, 7) is 26.8. The summed E-state index contributed by atoms with van der Waals surface area (Å²) in [6, 6.07) is 4.24. The summed E-state index contributed by atoms with van der Waals surface area (Å²) in [5, 5.41) is 10.7. The molecule has 0 amide bonds. The van der Waals surface area contributed by atoms with Gasteiger partial charge in [-0.1, -0.05) is 104 Å². The van der Waals surface area contributed by atoms with E-state index < -0.39 is 8.60 Å². The highest BCUT2D eigenvalue weighted by Gasteiger charge is 2.40. The first kappa shape index (κ1) is 32.8. The molecular weight excluding hydrogens is 539 g/mol. The number of fused-ring (bicyclic) bond motifs is 2. The third kappa shape index (κ3) is 7.32. The monoisotopic (exact) mass is 592 g/mol. The van der Waals surface area contributed by atoms with Crippen molar-refractivity contribution in [2.24, 2.45) is 10.8 Å². The second kappa shape index (κ2) is 12.1. The minimum Gasteiger partial charge on any atom is -0.507 e. The largest absolute Gasteiger partial charge is 0.507 e. The topological polar surface area (TPSA) is 47.9 Å². The summed E-state index contributed by atoms with van der Waals surface area (Å²) in [4.78, 5) is 0. The van der Waals surface area contributed by atoms with Gasteiger partial charge in [0, 0.05) is 11.0 Å². The Hall–Kier alpha value is -2.13. The number of aromatic hydroxyl groups is 1. The Labute approximate surface area is 256 Å². The maximum absolute atomic E-state index is 10.7. The van der Waals surface area contributed by atoms with Crippen molar-refractivity contribution in [1.82, 2.24) is 0 Å². The van der Waals surface area contributed by atoms with Crippen molar-refractivity contribution in [3.05, 3.63) is 86.2 Å². The number of benzene rings is 1. The zero-order valence-corrected chi connectivity index (χ0v) is 29.0. The molecule has 0 radical (unpaired) electrons. The lowest BCUT2D eigenvalue weighted by Gasteiger charge is -2.40. The molecule has 2 atom stereocenters. The lowest BCUT2D eigenvalue weighted by Crippen LogP contribution is -2.31. The molecule has 0 saturated carbocycles. The fraction of sp³-hybridized carbons (Fsp3) is 0.568. The fourth-order valence-corrected chi connectivity index (χ4v) is 7.35. The third-order valence-electron chi connectivity index (χ3n) is 8.29. The van der Waals surface area contributed by atoms with Gasteiger partial charge >= 0.3 is 8.60 Å².